The van der Waals surface area contributed by atoms with Crippen LogP contribution in [0.15, 0.2) is 65.6 Å². The highest BCUT2D eigenvalue weighted by atomic mass is 35.5. The molecule has 0 spiro atoms. The number of pyridine rings is 1. The van der Waals surface area contributed by atoms with Crippen molar-refractivity contribution in [2.24, 2.45) is 0 Å². The van der Waals surface area contributed by atoms with Gasteiger partial charge >= 0.3 is 0 Å². The molecule has 3 nitrogen and oxygen atoms in total. The zero-order valence-corrected chi connectivity index (χ0v) is 13.3. The van der Waals surface area contributed by atoms with Gasteiger partial charge in [-0.05, 0) is 47.0 Å². The van der Waals surface area contributed by atoms with Crippen molar-refractivity contribution >= 4 is 11.6 Å². The molecule has 0 aliphatic rings. The van der Waals surface area contributed by atoms with Crippen LogP contribution < -0.4 is 5.56 Å². The summed E-state index contributed by atoms with van der Waals surface area (Å²) in [6, 6.07) is 16.6. The maximum Gasteiger partial charge on any atom is 0.268 e. The van der Waals surface area contributed by atoms with Crippen molar-refractivity contribution in [3.63, 3.8) is 0 Å². The first kappa shape index (κ1) is 16.0. The third-order valence-electron chi connectivity index (χ3n) is 3.63. The molecule has 24 heavy (non-hydrogen) atoms. The van der Waals surface area contributed by atoms with Crippen LogP contribution in [0.5, 0.6) is 0 Å². The number of aromatic nitrogens is 1. The van der Waals surface area contributed by atoms with Gasteiger partial charge in [0.05, 0.1) is 6.54 Å². The largest absolute Gasteiger partial charge is 0.309 e. The maximum atomic E-state index is 13.0. The highest BCUT2D eigenvalue weighted by molar-refractivity contribution is 6.30. The Bertz CT molecular complexity index is 987. The van der Waals surface area contributed by atoms with Crippen molar-refractivity contribution in [2.45, 2.75) is 6.54 Å². The topological polar surface area (TPSA) is 45.8 Å². The molecule has 5 heteroatoms. The van der Waals surface area contributed by atoms with E-state index in [2.05, 4.69) is 0 Å². The van der Waals surface area contributed by atoms with Crippen LogP contribution in [0.4, 0.5) is 4.39 Å². The van der Waals surface area contributed by atoms with Crippen molar-refractivity contribution in [2.75, 3.05) is 0 Å². The average molecular weight is 339 g/mol. The fourth-order valence-corrected chi connectivity index (χ4v) is 2.64. The second kappa shape index (κ2) is 6.69. The van der Waals surface area contributed by atoms with Gasteiger partial charge in [-0.25, -0.2) is 4.39 Å². The van der Waals surface area contributed by atoms with E-state index in [1.807, 2.05) is 12.1 Å². The second-order valence-electron chi connectivity index (χ2n) is 5.32. The van der Waals surface area contributed by atoms with Gasteiger partial charge in [-0.15, -0.1) is 0 Å². The molecule has 0 aliphatic carbocycles. The lowest BCUT2D eigenvalue weighted by atomic mass is 10.1. The molecule has 0 unspecified atom stereocenters. The Morgan fingerprint density at radius 1 is 1.08 bits per heavy atom. The van der Waals surface area contributed by atoms with Crippen LogP contribution in [-0.4, -0.2) is 4.57 Å². The zero-order chi connectivity index (χ0) is 17.1. The molecular weight excluding hydrogens is 327 g/mol. The third-order valence-corrected chi connectivity index (χ3v) is 3.87. The monoisotopic (exact) mass is 338 g/mol. The summed E-state index contributed by atoms with van der Waals surface area (Å²) in [4.78, 5) is 12.4. The third kappa shape index (κ3) is 3.37. The van der Waals surface area contributed by atoms with Crippen LogP contribution >= 0.6 is 11.6 Å². The molecule has 0 amide bonds. The fraction of sp³-hybridized carbons (Fsp3) is 0.0526. The number of hydrogen-bond donors (Lipinski definition) is 0. The Morgan fingerprint density at radius 3 is 2.50 bits per heavy atom. The van der Waals surface area contributed by atoms with Gasteiger partial charge in [-0.2, -0.15) is 5.26 Å². The van der Waals surface area contributed by atoms with Gasteiger partial charge in [0.25, 0.3) is 5.56 Å². The summed E-state index contributed by atoms with van der Waals surface area (Å²) >= 11 is 6.01. The Balaban J connectivity index is 2.08. The SMILES string of the molecule is N#Cc1cc(-c2cccc(Cl)c2)cn(Cc2ccc(F)cc2)c1=O. The molecule has 1 heterocycles. The van der Waals surface area contributed by atoms with Crippen molar-refractivity contribution in [1.82, 2.24) is 4.57 Å². The van der Waals surface area contributed by atoms with E-state index in [4.69, 9.17) is 11.6 Å². The molecule has 0 saturated heterocycles. The standard InChI is InChI=1S/C19H12ClFN2O/c20-17-3-1-2-14(9-17)16-8-15(10-22)19(24)23(12-16)11-13-4-6-18(21)7-5-13/h1-9,12H,11H2. The number of hydrogen-bond acceptors (Lipinski definition) is 2. The van der Waals surface area contributed by atoms with Gasteiger partial charge in [0, 0.05) is 11.2 Å². The predicted octanol–water partition coefficient (Wildman–Crippen LogP) is 4.23. The van der Waals surface area contributed by atoms with E-state index in [9.17, 15) is 14.4 Å². The molecule has 3 aromatic rings. The summed E-state index contributed by atoms with van der Waals surface area (Å²) in [5.74, 6) is -0.337. The molecule has 1 aromatic heterocycles. The Labute approximate surface area is 143 Å². The van der Waals surface area contributed by atoms with Gasteiger partial charge in [0.15, 0.2) is 0 Å². The van der Waals surface area contributed by atoms with Crippen molar-refractivity contribution in [3.05, 3.63) is 93.1 Å². The van der Waals surface area contributed by atoms with Gasteiger partial charge < -0.3 is 4.57 Å². The van der Waals surface area contributed by atoms with Gasteiger partial charge in [0.1, 0.15) is 17.4 Å². The number of benzene rings is 2. The minimum atomic E-state index is -0.382. The zero-order valence-electron chi connectivity index (χ0n) is 12.5. The van der Waals surface area contributed by atoms with Gasteiger partial charge in [-0.1, -0.05) is 35.9 Å². The summed E-state index contributed by atoms with van der Waals surface area (Å²) in [5, 5.41) is 9.80. The van der Waals surface area contributed by atoms with E-state index in [0.717, 1.165) is 16.7 Å². The normalized spacial score (nSPS) is 10.4. The van der Waals surface area contributed by atoms with Crippen molar-refractivity contribution < 1.29 is 4.39 Å². The van der Waals surface area contributed by atoms with Gasteiger partial charge in [0.2, 0.25) is 0 Å². The fourth-order valence-electron chi connectivity index (χ4n) is 2.45. The molecule has 0 fully saturated rings. The maximum absolute atomic E-state index is 13.0. The van der Waals surface area contributed by atoms with Crippen LogP contribution in [0, 0.1) is 17.1 Å². The molecule has 0 N–H and O–H groups in total. The predicted molar refractivity (Wildman–Crippen MR) is 91.4 cm³/mol. The lowest BCUT2D eigenvalue weighted by molar-refractivity contribution is 0.626. The smallest absolute Gasteiger partial charge is 0.268 e. The van der Waals surface area contributed by atoms with Gasteiger partial charge in [-0.3, -0.25) is 4.79 Å². The molecule has 2 aromatic carbocycles. The van der Waals surface area contributed by atoms with Crippen LogP contribution in [-0.2, 0) is 6.54 Å². The van der Waals surface area contributed by atoms with Crippen molar-refractivity contribution in [3.8, 4) is 17.2 Å². The quantitative estimate of drug-likeness (QED) is 0.717. The summed E-state index contributed by atoms with van der Waals surface area (Å²) in [6.07, 6.45) is 1.68. The van der Waals surface area contributed by atoms with E-state index in [1.54, 1.807) is 42.6 Å². The number of nitrogens with zero attached hydrogens (tertiary/aromatic N) is 2. The summed E-state index contributed by atoms with van der Waals surface area (Å²) in [6.45, 7) is 0.252. The number of rotatable bonds is 3. The first-order chi connectivity index (χ1) is 11.6. The van der Waals surface area contributed by atoms with Crippen LogP contribution in [0.2, 0.25) is 5.02 Å². The molecular formula is C19H12ClFN2O. The minimum Gasteiger partial charge on any atom is -0.309 e. The van der Waals surface area contributed by atoms with Crippen LogP contribution in [0.3, 0.4) is 0 Å². The van der Waals surface area contributed by atoms with E-state index in [0.29, 0.717) is 5.02 Å². The van der Waals surface area contributed by atoms with E-state index in [1.165, 1.54) is 16.7 Å². The van der Waals surface area contributed by atoms with E-state index >= 15 is 0 Å². The second-order valence-corrected chi connectivity index (χ2v) is 5.76. The molecule has 0 aliphatic heterocycles. The van der Waals surface area contributed by atoms with Crippen LogP contribution in [0.1, 0.15) is 11.1 Å². The summed E-state index contributed by atoms with van der Waals surface area (Å²) in [5.41, 5.74) is 1.97. The first-order valence-electron chi connectivity index (χ1n) is 7.22. The Morgan fingerprint density at radius 2 is 1.83 bits per heavy atom. The lowest BCUT2D eigenvalue weighted by Crippen LogP contribution is -2.22. The van der Waals surface area contributed by atoms with Crippen LogP contribution in [0.25, 0.3) is 11.1 Å². The first-order valence-corrected chi connectivity index (χ1v) is 7.59. The molecule has 0 radical (unpaired) electrons. The number of nitriles is 1. The Kier molecular flexibility index (Phi) is 4.45. The summed E-state index contributed by atoms with van der Waals surface area (Å²) in [7, 11) is 0. The van der Waals surface area contributed by atoms with E-state index in [-0.39, 0.29) is 23.5 Å². The van der Waals surface area contributed by atoms with E-state index < -0.39 is 0 Å². The summed E-state index contributed by atoms with van der Waals surface area (Å²) < 4.78 is 14.5. The number of halogens is 2. The Hall–Kier alpha value is -2.90. The molecule has 0 atom stereocenters. The highest BCUT2D eigenvalue weighted by Gasteiger charge is 2.09. The molecule has 0 bridgehead atoms. The molecule has 3 rings (SSSR count). The minimum absolute atomic E-state index is 0.0505. The lowest BCUT2D eigenvalue weighted by Gasteiger charge is -2.10. The molecule has 118 valence electrons. The molecule has 0 saturated carbocycles. The van der Waals surface area contributed by atoms with Crippen molar-refractivity contribution in [1.29, 1.82) is 5.26 Å². The average Bonchev–Trinajstić information content (AvgIpc) is 2.58. The highest BCUT2D eigenvalue weighted by Crippen LogP contribution is 2.22.